The first-order valence-electron chi connectivity index (χ1n) is 2.27. The van der Waals surface area contributed by atoms with E-state index in [9.17, 15) is 4.79 Å². The molecule has 0 bridgehead atoms. The summed E-state index contributed by atoms with van der Waals surface area (Å²) in [5.74, 6) is -0.424. The van der Waals surface area contributed by atoms with Crippen molar-refractivity contribution in [3.63, 3.8) is 0 Å². The average molecular weight is 177 g/mol. The summed E-state index contributed by atoms with van der Waals surface area (Å²) in [6.45, 7) is 1.86. The van der Waals surface area contributed by atoms with Gasteiger partial charge in [0.1, 0.15) is 4.83 Å². The Bertz CT molecular complexity index is 86.1. The third-order valence-corrected chi connectivity index (χ3v) is 1.75. The van der Waals surface area contributed by atoms with E-state index in [0.29, 0.717) is 6.42 Å². The second-order valence-electron chi connectivity index (χ2n) is 1.31. The second-order valence-corrected chi connectivity index (χ2v) is 2.42. The van der Waals surface area contributed by atoms with E-state index in [2.05, 4.69) is 28.6 Å². The van der Waals surface area contributed by atoms with Gasteiger partial charge in [-0.25, -0.2) is 0 Å². The summed E-state index contributed by atoms with van der Waals surface area (Å²) in [7, 11) is 4.57. The lowest BCUT2D eigenvalue weighted by atomic mass is 10.3. The molecule has 0 saturated carbocycles. The molecular formula is C4H6BBrO2. The Hall–Kier alpha value is 0.0149. The van der Waals surface area contributed by atoms with Crippen molar-refractivity contribution in [2.75, 3.05) is 0 Å². The zero-order valence-electron chi connectivity index (χ0n) is 4.56. The minimum absolute atomic E-state index is 0.257. The summed E-state index contributed by atoms with van der Waals surface area (Å²) >= 11 is 3.05. The Morgan fingerprint density at radius 3 is 2.62 bits per heavy atom. The van der Waals surface area contributed by atoms with Crippen LogP contribution in [0, 0.1) is 0 Å². The summed E-state index contributed by atoms with van der Waals surface area (Å²) in [6, 6.07) is 0. The van der Waals surface area contributed by atoms with Crippen molar-refractivity contribution in [1.29, 1.82) is 0 Å². The molecule has 0 heterocycles. The maximum Gasteiger partial charge on any atom is 0.378 e. The average Bonchev–Trinajstić information content (AvgIpc) is 1.84. The van der Waals surface area contributed by atoms with E-state index in [0.717, 1.165) is 0 Å². The van der Waals surface area contributed by atoms with Crippen molar-refractivity contribution < 1.29 is 9.45 Å². The summed E-state index contributed by atoms with van der Waals surface area (Å²) < 4.78 is 3.92. The van der Waals surface area contributed by atoms with Gasteiger partial charge >= 0.3 is 14.0 Å². The third-order valence-electron chi connectivity index (χ3n) is 0.730. The predicted octanol–water partition coefficient (Wildman–Crippen LogP) is 0.787. The van der Waals surface area contributed by atoms with Gasteiger partial charge in [-0.1, -0.05) is 22.9 Å². The van der Waals surface area contributed by atoms with Crippen LogP contribution in [-0.2, 0) is 9.45 Å². The van der Waals surface area contributed by atoms with Crippen LogP contribution in [0.5, 0.6) is 0 Å². The van der Waals surface area contributed by atoms with Gasteiger partial charge in [0.05, 0.1) is 0 Å². The molecule has 0 aliphatic heterocycles. The lowest BCUT2D eigenvalue weighted by Crippen LogP contribution is -2.14. The van der Waals surface area contributed by atoms with Crippen molar-refractivity contribution in [2.45, 2.75) is 18.2 Å². The maximum absolute atomic E-state index is 10.3. The number of alkyl halides is 1. The quantitative estimate of drug-likeness (QED) is 0.460. The highest BCUT2D eigenvalue weighted by atomic mass is 79.9. The second kappa shape index (κ2) is 3.95. The Morgan fingerprint density at radius 1 is 2.00 bits per heavy atom. The van der Waals surface area contributed by atoms with E-state index in [1.807, 2.05) is 6.92 Å². The monoisotopic (exact) mass is 176 g/mol. The predicted molar refractivity (Wildman–Crippen MR) is 34.9 cm³/mol. The van der Waals surface area contributed by atoms with Crippen molar-refractivity contribution in [3.8, 4) is 0 Å². The summed E-state index contributed by atoms with van der Waals surface area (Å²) in [4.78, 5) is 10.1. The molecule has 0 rings (SSSR count). The standard InChI is InChI=1S/C4H6BBrO2/c1-2-3(6)4(7)8-5/h3H,2H2,1H3/t3-/m1/s1. The molecule has 0 spiro atoms. The Balaban J connectivity index is 3.46. The molecule has 0 N–H and O–H groups in total. The van der Waals surface area contributed by atoms with Crippen molar-refractivity contribution in [2.24, 2.45) is 0 Å². The molecule has 2 nitrogen and oxygen atoms in total. The molecular weight excluding hydrogens is 171 g/mol. The highest BCUT2D eigenvalue weighted by molar-refractivity contribution is 9.10. The normalized spacial score (nSPS) is 12.8. The molecule has 0 fully saturated rings. The number of hydrogen-bond donors (Lipinski definition) is 0. The van der Waals surface area contributed by atoms with E-state index < -0.39 is 5.97 Å². The fourth-order valence-electron chi connectivity index (χ4n) is 0.240. The van der Waals surface area contributed by atoms with E-state index >= 15 is 0 Å². The van der Waals surface area contributed by atoms with Crippen molar-refractivity contribution >= 4 is 29.9 Å². The maximum atomic E-state index is 10.3. The number of carbonyl (C=O) groups excluding carboxylic acids is 1. The van der Waals surface area contributed by atoms with Gasteiger partial charge in [-0.3, -0.25) is 4.79 Å². The van der Waals surface area contributed by atoms with Gasteiger partial charge in [0.25, 0.3) is 0 Å². The lowest BCUT2D eigenvalue weighted by molar-refractivity contribution is -0.133. The smallest absolute Gasteiger partial charge is 0.378 e. The van der Waals surface area contributed by atoms with Crippen molar-refractivity contribution in [3.05, 3.63) is 0 Å². The molecule has 0 aliphatic rings. The van der Waals surface area contributed by atoms with Crippen molar-refractivity contribution in [1.82, 2.24) is 0 Å². The first-order valence-corrected chi connectivity index (χ1v) is 3.18. The van der Waals surface area contributed by atoms with E-state index in [4.69, 9.17) is 0 Å². The summed E-state index contributed by atoms with van der Waals surface area (Å²) in [5.41, 5.74) is 0. The fraction of sp³-hybridized carbons (Fsp3) is 0.750. The van der Waals surface area contributed by atoms with Crippen LogP contribution in [0.15, 0.2) is 0 Å². The zero-order chi connectivity index (χ0) is 6.57. The SMILES string of the molecule is [B]OC(=O)[C@H](Br)CC. The largest absolute Gasteiger partial charge is 0.543 e. The lowest BCUT2D eigenvalue weighted by Gasteiger charge is -2.01. The minimum Gasteiger partial charge on any atom is -0.543 e. The summed E-state index contributed by atoms with van der Waals surface area (Å²) in [5, 5.41) is 0. The van der Waals surface area contributed by atoms with Crippen LogP contribution in [0.25, 0.3) is 0 Å². The molecule has 1 atom stereocenters. The Kier molecular flexibility index (Phi) is 3.96. The highest BCUT2D eigenvalue weighted by Crippen LogP contribution is 2.04. The molecule has 0 amide bonds. The first-order chi connectivity index (χ1) is 3.72. The van der Waals surface area contributed by atoms with Gasteiger partial charge in [0, 0.05) is 0 Å². The fourth-order valence-corrected chi connectivity index (χ4v) is 0.348. The van der Waals surface area contributed by atoms with Crippen LogP contribution in [0.4, 0.5) is 0 Å². The molecule has 0 aromatic heterocycles. The van der Waals surface area contributed by atoms with Crippen LogP contribution in [0.1, 0.15) is 13.3 Å². The molecule has 8 heavy (non-hydrogen) atoms. The van der Waals surface area contributed by atoms with Gasteiger partial charge in [0.2, 0.25) is 0 Å². The van der Waals surface area contributed by atoms with E-state index in [1.54, 1.807) is 0 Å². The van der Waals surface area contributed by atoms with Gasteiger partial charge < -0.3 is 4.65 Å². The van der Waals surface area contributed by atoms with E-state index in [1.165, 1.54) is 0 Å². The van der Waals surface area contributed by atoms with Crippen LogP contribution in [0.2, 0.25) is 0 Å². The Labute approximate surface area is 58.2 Å². The molecule has 0 aliphatic carbocycles. The van der Waals surface area contributed by atoms with Crippen LogP contribution in [0.3, 0.4) is 0 Å². The highest BCUT2D eigenvalue weighted by Gasteiger charge is 2.09. The van der Waals surface area contributed by atoms with Gasteiger partial charge in [-0.2, -0.15) is 0 Å². The first kappa shape index (κ1) is 8.01. The summed E-state index contributed by atoms with van der Waals surface area (Å²) in [6.07, 6.45) is 0.691. The molecule has 0 aromatic carbocycles. The minimum atomic E-state index is -0.424. The van der Waals surface area contributed by atoms with Gasteiger partial charge in [-0.05, 0) is 6.42 Å². The third kappa shape index (κ3) is 2.35. The van der Waals surface area contributed by atoms with Crippen LogP contribution >= 0.6 is 15.9 Å². The zero-order valence-corrected chi connectivity index (χ0v) is 6.14. The van der Waals surface area contributed by atoms with Crippen LogP contribution < -0.4 is 0 Å². The van der Waals surface area contributed by atoms with E-state index in [-0.39, 0.29) is 4.83 Å². The number of carbonyl (C=O) groups is 1. The van der Waals surface area contributed by atoms with Crippen LogP contribution in [-0.4, -0.2) is 18.8 Å². The number of rotatable bonds is 2. The van der Waals surface area contributed by atoms with Gasteiger partial charge in [-0.15, -0.1) is 0 Å². The number of halogens is 1. The molecule has 2 radical (unpaired) electrons. The molecule has 0 aromatic rings. The molecule has 4 heteroatoms. The molecule has 44 valence electrons. The molecule has 0 unspecified atom stereocenters. The molecule has 0 saturated heterocycles. The Morgan fingerprint density at radius 2 is 2.50 bits per heavy atom. The van der Waals surface area contributed by atoms with Gasteiger partial charge in [0.15, 0.2) is 0 Å². The number of hydrogen-bond acceptors (Lipinski definition) is 2. The topological polar surface area (TPSA) is 26.3 Å².